The van der Waals surface area contributed by atoms with Crippen LogP contribution < -0.4 is 4.74 Å². The van der Waals surface area contributed by atoms with Gasteiger partial charge in [-0.3, -0.25) is 14.9 Å². The van der Waals surface area contributed by atoms with Crippen molar-refractivity contribution in [1.29, 1.82) is 0 Å². The summed E-state index contributed by atoms with van der Waals surface area (Å²) in [7, 11) is 0. The fraction of sp³-hybridized carbons (Fsp3) is 0.250. The molecule has 5 rings (SSSR count). The Kier molecular flexibility index (Phi) is 5.99. The lowest BCUT2D eigenvalue weighted by molar-refractivity contribution is 0.0208. The number of aromatic nitrogens is 3. The summed E-state index contributed by atoms with van der Waals surface area (Å²) in [4.78, 5) is 26.8. The third-order valence-corrected chi connectivity index (χ3v) is 5.77. The van der Waals surface area contributed by atoms with E-state index in [2.05, 4.69) is 27.1 Å². The van der Waals surface area contributed by atoms with Crippen molar-refractivity contribution < 1.29 is 14.3 Å². The van der Waals surface area contributed by atoms with Crippen molar-refractivity contribution >= 4 is 17.1 Å². The second-order valence-corrected chi connectivity index (χ2v) is 9.45. The predicted octanol–water partition coefficient (Wildman–Crippen LogP) is 5.85. The molecule has 1 aliphatic heterocycles. The number of rotatable bonds is 5. The van der Waals surface area contributed by atoms with Crippen LogP contribution in [0, 0.1) is 0 Å². The first-order chi connectivity index (χ1) is 16.9. The van der Waals surface area contributed by atoms with E-state index in [9.17, 15) is 4.79 Å². The van der Waals surface area contributed by atoms with E-state index in [-0.39, 0.29) is 18.7 Å². The van der Waals surface area contributed by atoms with Crippen molar-refractivity contribution in [2.75, 3.05) is 13.2 Å². The molecule has 1 aliphatic rings. The van der Waals surface area contributed by atoms with Gasteiger partial charge in [-0.2, -0.15) is 0 Å². The molecule has 0 saturated carbocycles. The van der Waals surface area contributed by atoms with E-state index in [4.69, 9.17) is 9.47 Å². The SMILES string of the molecule is CC(C)(C)OC(=O)N1CC=C[C@H]1COc1cnccc1-c1[nH]c2cccnc2c1-c1ccccc1. The quantitative estimate of drug-likeness (QED) is 0.372. The Morgan fingerprint density at radius 3 is 2.74 bits per heavy atom. The summed E-state index contributed by atoms with van der Waals surface area (Å²) >= 11 is 0. The fourth-order valence-corrected chi connectivity index (χ4v) is 4.23. The number of hydrogen-bond acceptors (Lipinski definition) is 5. The van der Waals surface area contributed by atoms with Crippen LogP contribution in [0.1, 0.15) is 20.8 Å². The normalized spacial score (nSPS) is 15.5. The molecule has 1 aromatic carbocycles. The van der Waals surface area contributed by atoms with E-state index in [1.165, 1.54) is 0 Å². The molecule has 0 saturated heterocycles. The Morgan fingerprint density at radius 1 is 1.11 bits per heavy atom. The molecule has 35 heavy (non-hydrogen) atoms. The van der Waals surface area contributed by atoms with Crippen molar-refractivity contribution in [3.05, 3.63) is 79.3 Å². The van der Waals surface area contributed by atoms with E-state index in [1.807, 2.05) is 69.3 Å². The molecule has 4 heterocycles. The molecule has 7 nitrogen and oxygen atoms in total. The lowest BCUT2D eigenvalue weighted by Gasteiger charge is -2.28. The van der Waals surface area contributed by atoms with Gasteiger partial charge >= 0.3 is 6.09 Å². The Morgan fingerprint density at radius 2 is 1.94 bits per heavy atom. The average molecular weight is 469 g/mol. The predicted molar refractivity (Wildman–Crippen MR) is 136 cm³/mol. The number of benzene rings is 1. The van der Waals surface area contributed by atoms with Gasteiger partial charge in [-0.05, 0) is 44.5 Å². The van der Waals surface area contributed by atoms with Gasteiger partial charge in [0.2, 0.25) is 0 Å². The minimum Gasteiger partial charge on any atom is -0.489 e. The first-order valence-electron chi connectivity index (χ1n) is 11.7. The molecule has 1 N–H and O–H groups in total. The minimum atomic E-state index is -0.556. The number of ether oxygens (including phenoxy) is 2. The molecule has 0 fully saturated rings. The molecule has 1 atom stereocenters. The van der Waals surface area contributed by atoms with E-state index in [0.717, 1.165) is 33.4 Å². The highest BCUT2D eigenvalue weighted by Gasteiger charge is 2.30. The summed E-state index contributed by atoms with van der Waals surface area (Å²) in [6.45, 7) is 6.37. The number of pyridine rings is 2. The molecule has 1 amide bonds. The maximum atomic E-state index is 12.7. The molecule has 0 unspecified atom stereocenters. The number of hydrogen-bond donors (Lipinski definition) is 1. The zero-order chi connectivity index (χ0) is 24.4. The van der Waals surface area contributed by atoms with Crippen LogP contribution >= 0.6 is 0 Å². The summed E-state index contributed by atoms with van der Waals surface area (Å²) in [6.07, 6.45) is 8.84. The average Bonchev–Trinajstić information content (AvgIpc) is 3.47. The summed E-state index contributed by atoms with van der Waals surface area (Å²) in [5, 5.41) is 0. The monoisotopic (exact) mass is 468 g/mol. The molecule has 0 bridgehead atoms. The first-order valence-corrected chi connectivity index (χ1v) is 11.7. The first kappa shape index (κ1) is 22.7. The van der Waals surface area contributed by atoms with Crippen LogP contribution in [0.25, 0.3) is 33.4 Å². The molecular weight excluding hydrogens is 440 g/mol. The Labute approximate surface area is 204 Å². The van der Waals surface area contributed by atoms with Crippen molar-refractivity contribution in [2.24, 2.45) is 0 Å². The smallest absolute Gasteiger partial charge is 0.411 e. The fourth-order valence-electron chi connectivity index (χ4n) is 4.23. The maximum Gasteiger partial charge on any atom is 0.411 e. The molecule has 0 aliphatic carbocycles. The molecule has 4 aromatic rings. The summed E-state index contributed by atoms with van der Waals surface area (Å²) in [5.74, 6) is 0.626. The van der Waals surface area contributed by atoms with Crippen molar-refractivity contribution in [3.8, 4) is 28.1 Å². The van der Waals surface area contributed by atoms with Crippen molar-refractivity contribution in [3.63, 3.8) is 0 Å². The van der Waals surface area contributed by atoms with Crippen LogP contribution in [0.5, 0.6) is 5.75 Å². The van der Waals surface area contributed by atoms with E-state index in [1.54, 1.807) is 23.5 Å². The minimum absolute atomic E-state index is 0.226. The van der Waals surface area contributed by atoms with Gasteiger partial charge in [-0.15, -0.1) is 0 Å². The Hall–Kier alpha value is -4.13. The van der Waals surface area contributed by atoms with Gasteiger partial charge in [0.05, 0.1) is 29.0 Å². The summed E-state index contributed by atoms with van der Waals surface area (Å²) in [5.41, 5.74) is 5.14. The molecule has 0 radical (unpaired) electrons. The van der Waals surface area contributed by atoms with Gasteiger partial charge in [-0.1, -0.05) is 42.5 Å². The number of fused-ring (bicyclic) bond motifs is 1. The number of carbonyl (C=O) groups is 1. The molecule has 178 valence electrons. The molecular formula is C28H28N4O3. The number of nitrogens with zero attached hydrogens (tertiary/aromatic N) is 3. The largest absolute Gasteiger partial charge is 0.489 e. The maximum absolute atomic E-state index is 12.7. The Bertz CT molecular complexity index is 1370. The van der Waals surface area contributed by atoms with Crippen molar-refractivity contribution in [2.45, 2.75) is 32.4 Å². The summed E-state index contributed by atoms with van der Waals surface area (Å²) in [6, 6.07) is 15.8. The van der Waals surface area contributed by atoms with Crippen LogP contribution in [0.15, 0.2) is 79.3 Å². The number of amides is 1. The number of nitrogens with one attached hydrogen (secondary N) is 1. The zero-order valence-electron chi connectivity index (χ0n) is 20.1. The van der Waals surface area contributed by atoms with Gasteiger partial charge in [0, 0.05) is 30.1 Å². The van der Waals surface area contributed by atoms with E-state index >= 15 is 0 Å². The van der Waals surface area contributed by atoms with Crippen LogP contribution in [0.3, 0.4) is 0 Å². The number of carbonyl (C=O) groups excluding carboxylic acids is 1. The number of aromatic amines is 1. The number of H-pyrrole nitrogens is 1. The Balaban J connectivity index is 1.46. The van der Waals surface area contributed by atoms with E-state index < -0.39 is 5.60 Å². The second-order valence-electron chi connectivity index (χ2n) is 9.45. The van der Waals surface area contributed by atoms with E-state index in [0.29, 0.717) is 12.3 Å². The topological polar surface area (TPSA) is 80.3 Å². The highest BCUT2D eigenvalue weighted by molar-refractivity contribution is 6.02. The third kappa shape index (κ3) is 4.75. The standard InChI is InChI=1S/C28H28N4O3/c1-28(2,3)35-27(33)32-16-8-11-20(32)18-34-23-17-29-15-13-21(23)25-24(19-9-5-4-6-10-19)26-22(31-25)12-7-14-30-26/h4-15,17,20,31H,16,18H2,1-3H3/t20-/m0/s1. The van der Waals surface area contributed by atoms with Gasteiger partial charge in [0.25, 0.3) is 0 Å². The third-order valence-electron chi connectivity index (χ3n) is 5.77. The van der Waals surface area contributed by atoms with Crippen LogP contribution in [0.4, 0.5) is 4.79 Å². The highest BCUT2D eigenvalue weighted by atomic mass is 16.6. The van der Waals surface area contributed by atoms with Crippen LogP contribution in [-0.4, -0.2) is 50.7 Å². The summed E-state index contributed by atoms with van der Waals surface area (Å²) < 4.78 is 11.8. The molecule has 0 spiro atoms. The van der Waals surface area contributed by atoms with Crippen molar-refractivity contribution in [1.82, 2.24) is 19.9 Å². The van der Waals surface area contributed by atoms with Gasteiger partial charge in [0.15, 0.2) is 0 Å². The van der Waals surface area contributed by atoms with Gasteiger partial charge in [0.1, 0.15) is 18.0 Å². The highest BCUT2D eigenvalue weighted by Crippen LogP contribution is 2.40. The molecule has 7 heteroatoms. The molecule has 3 aromatic heterocycles. The van der Waals surface area contributed by atoms with Crippen LogP contribution in [-0.2, 0) is 4.74 Å². The second kappa shape index (κ2) is 9.25. The lowest BCUT2D eigenvalue weighted by Crippen LogP contribution is -2.42. The van der Waals surface area contributed by atoms with Gasteiger partial charge in [-0.25, -0.2) is 4.79 Å². The van der Waals surface area contributed by atoms with Gasteiger partial charge < -0.3 is 14.5 Å². The lowest BCUT2D eigenvalue weighted by atomic mass is 10.0. The van der Waals surface area contributed by atoms with Crippen LogP contribution in [0.2, 0.25) is 0 Å². The zero-order valence-corrected chi connectivity index (χ0v) is 20.1.